The molecule has 7 aromatic rings. The Bertz CT molecular complexity index is 2030. The summed E-state index contributed by atoms with van der Waals surface area (Å²) in [4.78, 5) is 0. The monoisotopic (exact) mass is 869 g/mol. The predicted octanol–water partition coefficient (Wildman–Crippen LogP) is 11.4. The average molecular weight is 870 g/mol. The molecule has 0 atom stereocenters. The summed E-state index contributed by atoms with van der Waals surface area (Å²) in [7, 11) is 0. The van der Waals surface area contributed by atoms with Crippen molar-refractivity contribution < 1.29 is 39.9 Å². The Morgan fingerprint density at radius 1 is 0.488 bits per heavy atom. The van der Waals surface area contributed by atoms with E-state index < -0.39 is 3.93 Å². The second-order valence-electron chi connectivity index (χ2n) is 9.98. The maximum absolute atomic E-state index is 13.9. The Balaban J connectivity index is 0.00000302. The quantitative estimate of drug-likeness (QED) is 0.0716. The molecular formula is C37H22F2IU-. The summed E-state index contributed by atoms with van der Waals surface area (Å²) in [5, 5.41) is 7.03. The van der Waals surface area contributed by atoms with E-state index in [0.717, 1.165) is 38.6 Å². The van der Waals surface area contributed by atoms with Gasteiger partial charge in [0.05, 0.1) is 0 Å². The van der Waals surface area contributed by atoms with Crippen LogP contribution in [0.3, 0.4) is 0 Å². The smallest absolute Gasteiger partial charge is 0.189 e. The zero-order valence-electron chi connectivity index (χ0n) is 21.8. The summed E-state index contributed by atoms with van der Waals surface area (Å²) in [6.45, 7) is 0. The third kappa shape index (κ3) is 5.23. The van der Waals surface area contributed by atoms with Gasteiger partial charge in [-0.25, -0.2) is 0 Å². The van der Waals surface area contributed by atoms with E-state index in [0.29, 0.717) is 0 Å². The first-order chi connectivity index (χ1) is 19.5. The van der Waals surface area contributed by atoms with Gasteiger partial charge >= 0.3 is 3.93 Å². The summed E-state index contributed by atoms with van der Waals surface area (Å²) in [5.41, 5.74) is 6.51. The second kappa shape index (κ2) is 11.3. The molecule has 0 aliphatic rings. The molecule has 0 saturated heterocycles. The molecule has 7 aromatic carbocycles. The molecule has 0 aliphatic carbocycles. The van der Waals surface area contributed by atoms with Crippen LogP contribution >= 0.6 is 22.6 Å². The van der Waals surface area contributed by atoms with Gasteiger partial charge in [0.15, 0.2) is 0 Å². The van der Waals surface area contributed by atoms with E-state index in [1.807, 2.05) is 12.1 Å². The minimum absolute atomic E-state index is 0. The summed E-state index contributed by atoms with van der Waals surface area (Å²) < 4.78 is 24.8. The van der Waals surface area contributed by atoms with Gasteiger partial charge in [0.1, 0.15) is 0 Å². The number of hydrogen-bond donors (Lipinski definition) is 0. The van der Waals surface area contributed by atoms with Gasteiger partial charge in [-0.3, -0.25) is 0 Å². The van der Waals surface area contributed by atoms with Crippen molar-refractivity contribution in [2.75, 3.05) is 0 Å². The molecule has 0 N–H and O–H groups in total. The largest absolute Gasteiger partial charge is 0.321 e. The van der Waals surface area contributed by atoms with E-state index >= 15 is 0 Å². The van der Waals surface area contributed by atoms with Gasteiger partial charge in [-0.05, 0) is 72.3 Å². The Morgan fingerprint density at radius 2 is 1.05 bits per heavy atom. The normalized spacial score (nSPS) is 11.6. The third-order valence-corrected chi connectivity index (χ3v) is 8.24. The van der Waals surface area contributed by atoms with Crippen LogP contribution in [0.5, 0.6) is 0 Å². The van der Waals surface area contributed by atoms with E-state index in [1.54, 1.807) is 12.1 Å². The molecule has 196 valence electrons. The SMILES string of the molecule is FC(F)(I)c1ccc(-c2ccc3c(-c4ccc5ccccc5c4)c4ccccc4c(-c4cc[c-]cc4)c3c2)cc1.[U]. The second-order valence-corrected chi connectivity index (χ2v) is 11.3. The van der Waals surface area contributed by atoms with Crippen LogP contribution in [0.1, 0.15) is 5.56 Å². The molecule has 7 rings (SSSR count). The first kappa shape index (κ1) is 28.1. The Labute approximate surface area is 274 Å². The van der Waals surface area contributed by atoms with Gasteiger partial charge < -0.3 is 0 Å². The van der Waals surface area contributed by atoms with E-state index in [1.165, 1.54) is 61.8 Å². The topological polar surface area (TPSA) is 0 Å². The van der Waals surface area contributed by atoms with Crippen LogP contribution in [-0.4, -0.2) is 0 Å². The van der Waals surface area contributed by atoms with E-state index in [9.17, 15) is 8.78 Å². The van der Waals surface area contributed by atoms with Crippen LogP contribution in [0.4, 0.5) is 8.78 Å². The summed E-state index contributed by atoms with van der Waals surface area (Å²) in [5.74, 6) is 0. The van der Waals surface area contributed by atoms with Crippen LogP contribution in [0, 0.1) is 37.2 Å². The van der Waals surface area contributed by atoms with Crippen molar-refractivity contribution in [1.29, 1.82) is 0 Å². The summed E-state index contributed by atoms with van der Waals surface area (Å²) in [6, 6.07) is 48.0. The van der Waals surface area contributed by atoms with Crippen molar-refractivity contribution in [3.8, 4) is 33.4 Å². The van der Waals surface area contributed by atoms with Gasteiger partial charge in [0, 0.05) is 59.3 Å². The maximum atomic E-state index is 13.9. The number of halogens is 3. The zero-order chi connectivity index (χ0) is 27.3. The molecule has 41 heavy (non-hydrogen) atoms. The Morgan fingerprint density at radius 3 is 1.73 bits per heavy atom. The molecule has 0 aliphatic heterocycles. The molecule has 0 amide bonds. The molecule has 0 spiro atoms. The molecule has 4 heteroatoms. The van der Waals surface area contributed by atoms with Crippen LogP contribution in [0.25, 0.3) is 65.7 Å². The number of hydrogen-bond acceptors (Lipinski definition) is 0. The van der Waals surface area contributed by atoms with Crippen molar-refractivity contribution in [3.05, 3.63) is 145 Å². The molecule has 0 bridgehead atoms. The fourth-order valence-electron chi connectivity index (χ4n) is 5.73. The van der Waals surface area contributed by atoms with E-state index in [-0.39, 0.29) is 36.7 Å². The summed E-state index contributed by atoms with van der Waals surface area (Å²) in [6.07, 6.45) is 0. The fourth-order valence-corrected chi connectivity index (χ4v) is 6.09. The summed E-state index contributed by atoms with van der Waals surface area (Å²) >= 11 is 1.18. The molecule has 0 fully saturated rings. The van der Waals surface area contributed by atoms with E-state index in [2.05, 4.69) is 103 Å². The van der Waals surface area contributed by atoms with Crippen LogP contribution in [0.15, 0.2) is 133 Å². The minimum atomic E-state index is -2.90. The standard InChI is InChI=1S/C37H22F2I.U/c38-37(39,40)30-19-16-25(17-20-30)28-18-21-33-34(23-28)35(26-9-2-1-3-10-26)31-12-6-7-13-32(31)36(33)29-15-14-24-8-4-5-11-27(24)22-29;/h2-23H;/q-1;. The number of alkyl halides is 3. The average Bonchev–Trinajstić information content (AvgIpc) is 2.99. The van der Waals surface area contributed by atoms with Crippen LogP contribution in [-0.2, 0) is 3.93 Å². The van der Waals surface area contributed by atoms with Crippen molar-refractivity contribution in [2.45, 2.75) is 3.93 Å². The number of fused-ring (bicyclic) bond motifs is 3. The first-order valence-electron chi connectivity index (χ1n) is 13.1. The maximum Gasteiger partial charge on any atom is 0.321 e. The minimum Gasteiger partial charge on any atom is -0.189 e. The van der Waals surface area contributed by atoms with Crippen molar-refractivity contribution >= 4 is 54.9 Å². The van der Waals surface area contributed by atoms with E-state index in [4.69, 9.17) is 0 Å². The van der Waals surface area contributed by atoms with Gasteiger partial charge in [-0.15, -0.1) is 5.56 Å². The Hall–Kier alpha value is -3.04. The first-order valence-corrected chi connectivity index (χ1v) is 14.2. The molecule has 0 saturated carbocycles. The van der Waals surface area contributed by atoms with Gasteiger partial charge in [0.2, 0.25) is 0 Å². The molecule has 0 unspecified atom stereocenters. The molecule has 0 nitrogen and oxygen atoms in total. The zero-order valence-corrected chi connectivity index (χ0v) is 28.2. The van der Waals surface area contributed by atoms with Crippen LogP contribution in [0.2, 0.25) is 0 Å². The molecule has 0 aromatic heterocycles. The van der Waals surface area contributed by atoms with Crippen molar-refractivity contribution in [1.82, 2.24) is 0 Å². The van der Waals surface area contributed by atoms with Crippen LogP contribution < -0.4 is 0 Å². The Kier molecular flexibility index (Phi) is 7.76. The third-order valence-electron chi connectivity index (χ3n) is 7.61. The van der Waals surface area contributed by atoms with Gasteiger partial charge in [-0.2, -0.15) is 39.1 Å². The fraction of sp³-hybridized carbons (Fsp3) is 0.0270. The van der Waals surface area contributed by atoms with Crippen molar-refractivity contribution in [3.63, 3.8) is 0 Å². The molecular weight excluding hydrogens is 847 g/mol. The van der Waals surface area contributed by atoms with Gasteiger partial charge in [-0.1, -0.05) is 97.1 Å². The number of benzene rings is 7. The van der Waals surface area contributed by atoms with Crippen molar-refractivity contribution in [2.24, 2.45) is 0 Å². The van der Waals surface area contributed by atoms with Gasteiger partial charge in [0.25, 0.3) is 0 Å². The number of rotatable bonds is 4. The molecule has 0 radical (unpaired) electrons. The molecule has 0 heterocycles. The predicted molar refractivity (Wildman–Crippen MR) is 172 cm³/mol.